The number of nitrogens with zero attached hydrogens (tertiary/aromatic N) is 4. The third kappa shape index (κ3) is 7.04. The summed E-state index contributed by atoms with van der Waals surface area (Å²) < 4.78 is 63.3. The Hall–Kier alpha value is -4.27. The van der Waals surface area contributed by atoms with Crippen molar-refractivity contribution in [2.45, 2.75) is 71.4 Å². The van der Waals surface area contributed by atoms with Crippen LogP contribution in [0.4, 0.5) is 34.0 Å². The molecule has 0 bridgehead atoms. The number of ether oxygens (including phenoxy) is 2. The minimum atomic E-state index is -4.49. The summed E-state index contributed by atoms with van der Waals surface area (Å²) in [6, 6.07) is 8.91. The number of anilines is 2. The van der Waals surface area contributed by atoms with Gasteiger partial charge in [0, 0.05) is 23.8 Å². The van der Waals surface area contributed by atoms with Crippen LogP contribution < -0.4 is 15.4 Å². The molecule has 1 fully saturated rings. The van der Waals surface area contributed by atoms with E-state index in [1.54, 1.807) is 29.2 Å². The number of urea groups is 1. The van der Waals surface area contributed by atoms with Crippen molar-refractivity contribution < 1.29 is 36.6 Å². The molecule has 2 heterocycles. The van der Waals surface area contributed by atoms with Crippen molar-refractivity contribution in [2.75, 3.05) is 10.6 Å². The van der Waals surface area contributed by atoms with Gasteiger partial charge in [-0.2, -0.15) is 14.0 Å². The molecule has 43 heavy (non-hydrogen) atoms. The van der Waals surface area contributed by atoms with Gasteiger partial charge < -0.3 is 15.0 Å². The molecule has 3 N–H and O–H groups in total. The highest BCUT2D eigenvalue weighted by Crippen LogP contribution is 2.47. The van der Waals surface area contributed by atoms with Crippen LogP contribution in [0, 0.1) is 11.3 Å². The lowest BCUT2D eigenvalue weighted by atomic mass is 9.71. The molecule has 0 radical (unpaired) electrons. The maximum Gasteiger partial charge on any atom is 0.540 e. The first kappa shape index (κ1) is 30.2. The number of benzene rings is 2. The van der Waals surface area contributed by atoms with Crippen molar-refractivity contribution in [3.05, 3.63) is 59.2 Å². The second-order valence-electron chi connectivity index (χ2n) is 11.7. The number of hydrogen-bond donors (Lipinski definition) is 3. The van der Waals surface area contributed by atoms with E-state index in [-0.39, 0.29) is 29.6 Å². The second-order valence-corrected chi connectivity index (χ2v) is 11.7. The predicted octanol–water partition coefficient (Wildman–Crippen LogP) is 6.10. The van der Waals surface area contributed by atoms with Crippen LogP contribution in [0.1, 0.15) is 67.9 Å². The molecular weight excluding hydrogens is 574 g/mol. The van der Waals surface area contributed by atoms with Crippen LogP contribution in [0.15, 0.2) is 42.5 Å². The molecule has 0 saturated heterocycles. The van der Waals surface area contributed by atoms with Crippen molar-refractivity contribution in [1.29, 1.82) is 0 Å². The SMILES string of the molecule is CC(C)(C)C1CCC(N(Cc2ccc(C(=O)Nc3nn[nH]n3)cc2)C(=O)Nc2ccc3c(c2)C(F)(F)OC(F)(F)O3)CC1. The maximum atomic E-state index is 14.3. The van der Waals surface area contributed by atoms with Gasteiger partial charge >= 0.3 is 18.4 Å². The maximum absolute atomic E-state index is 14.3. The molecule has 1 aromatic heterocycles. The van der Waals surface area contributed by atoms with Crippen molar-refractivity contribution in [1.82, 2.24) is 25.5 Å². The molecule has 5 rings (SSSR count). The van der Waals surface area contributed by atoms with E-state index in [0.717, 1.165) is 43.4 Å². The van der Waals surface area contributed by atoms with Gasteiger partial charge in [-0.3, -0.25) is 10.1 Å². The van der Waals surface area contributed by atoms with Gasteiger partial charge in [0.1, 0.15) is 5.75 Å². The lowest BCUT2D eigenvalue weighted by Crippen LogP contribution is -2.45. The average molecular weight is 606 g/mol. The van der Waals surface area contributed by atoms with Crippen LogP contribution in [-0.4, -0.2) is 49.8 Å². The van der Waals surface area contributed by atoms with Gasteiger partial charge in [0.15, 0.2) is 0 Å². The van der Waals surface area contributed by atoms with E-state index in [2.05, 4.69) is 61.5 Å². The van der Waals surface area contributed by atoms with Gasteiger partial charge in [-0.25, -0.2) is 9.53 Å². The number of H-pyrrole nitrogens is 1. The van der Waals surface area contributed by atoms with Gasteiger partial charge in [0.25, 0.3) is 11.9 Å². The van der Waals surface area contributed by atoms with Gasteiger partial charge in [0.05, 0.1) is 5.56 Å². The number of aromatic amines is 1. The molecule has 15 heteroatoms. The summed E-state index contributed by atoms with van der Waals surface area (Å²) in [5, 5.41) is 18.1. The second kappa shape index (κ2) is 11.4. The van der Waals surface area contributed by atoms with Gasteiger partial charge in [-0.1, -0.05) is 38.0 Å². The van der Waals surface area contributed by atoms with Crippen molar-refractivity contribution in [3.8, 4) is 5.75 Å². The lowest BCUT2D eigenvalue weighted by molar-refractivity contribution is -0.461. The Bertz CT molecular complexity index is 1450. The predicted molar refractivity (Wildman–Crippen MR) is 145 cm³/mol. The average Bonchev–Trinajstić information content (AvgIpc) is 3.44. The first-order chi connectivity index (χ1) is 20.2. The molecule has 2 aliphatic rings. The lowest BCUT2D eigenvalue weighted by Gasteiger charge is -2.41. The Morgan fingerprint density at radius 2 is 1.72 bits per heavy atom. The number of tetrazole rings is 1. The van der Waals surface area contributed by atoms with Crippen LogP contribution in [0.3, 0.4) is 0 Å². The summed E-state index contributed by atoms with van der Waals surface area (Å²) in [4.78, 5) is 27.7. The fraction of sp³-hybridized carbons (Fsp3) is 0.464. The highest BCUT2D eigenvalue weighted by Gasteiger charge is 2.54. The molecule has 2 aromatic carbocycles. The summed E-state index contributed by atoms with van der Waals surface area (Å²) in [6.45, 7) is 6.74. The zero-order valence-electron chi connectivity index (χ0n) is 23.7. The Morgan fingerprint density at radius 1 is 1.02 bits per heavy atom. The Labute approximate surface area is 244 Å². The molecule has 0 atom stereocenters. The Kier molecular flexibility index (Phi) is 8.03. The Balaban J connectivity index is 1.34. The monoisotopic (exact) mass is 605 g/mol. The third-order valence-electron chi connectivity index (χ3n) is 7.78. The number of nitrogens with one attached hydrogen (secondary N) is 3. The van der Waals surface area contributed by atoms with E-state index >= 15 is 0 Å². The van der Waals surface area contributed by atoms with E-state index in [1.165, 1.54) is 6.07 Å². The van der Waals surface area contributed by atoms with Gasteiger partial charge in [-0.05, 0) is 78.1 Å². The van der Waals surface area contributed by atoms with Crippen LogP contribution in [0.25, 0.3) is 0 Å². The van der Waals surface area contributed by atoms with Crippen LogP contribution in [0.2, 0.25) is 0 Å². The van der Waals surface area contributed by atoms with E-state index in [4.69, 9.17) is 0 Å². The normalized spacial score (nSPS) is 20.8. The summed E-state index contributed by atoms with van der Waals surface area (Å²) in [6.07, 6.45) is -5.55. The molecule has 3 amide bonds. The van der Waals surface area contributed by atoms with E-state index in [1.807, 2.05) is 0 Å². The molecular formula is C28H31F4N7O4. The fourth-order valence-corrected chi connectivity index (χ4v) is 5.44. The third-order valence-corrected chi connectivity index (χ3v) is 7.78. The summed E-state index contributed by atoms with van der Waals surface area (Å²) in [5.74, 6) is -0.695. The summed E-state index contributed by atoms with van der Waals surface area (Å²) in [5.41, 5.74) is 0.210. The van der Waals surface area contributed by atoms with Crippen LogP contribution in [-0.2, 0) is 17.4 Å². The number of hydrogen-bond acceptors (Lipinski definition) is 7. The van der Waals surface area contributed by atoms with Gasteiger partial charge in [-0.15, -0.1) is 13.9 Å². The Morgan fingerprint density at radius 3 is 2.35 bits per heavy atom. The molecule has 1 aliphatic carbocycles. The highest BCUT2D eigenvalue weighted by molar-refractivity contribution is 6.03. The van der Waals surface area contributed by atoms with Crippen molar-refractivity contribution >= 4 is 23.6 Å². The number of fused-ring (bicyclic) bond motifs is 1. The first-order valence-corrected chi connectivity index (χ1v) is 13.7. The summed E-state index contributed by atoms with van der Waals surface area (Å²) in [7, 11) is 0. The van der Waals surface area contributed by atoms with E-state index in [0.29, 0.717) is 11.5 Å². The minimum Gasteiger partial charge on any atom is -0.409 e. The smallest absolute Gasteiger partial charge is 0.409 e. The van der Waals surface area contributed by atoms with E-state index < -0.39 is 35.7 Å². The molecule has 1 aliphatic heterocycles. The number of rotatable bonds is 6. The largest absolute Gasteiger partial charge is 0.540 e. The number of carbonyl (C=O) groups is 2. The quantitative estimate of drug-likeness (QED) is 0.289. The van der Waals surface area contributed by atoms with Crippen LogP contribution in [0.5, 0.6) is 5.75 Å². The molecule has 3 aromatic rings. The molecule has 1 saturated carbocycles. The topological polar surface area (TPSA) is 134 Å². The van der Waals surface area contributed by atoms with Crippen molar-refractivity contribution in [2.24, 2.45) is 11.3 Å². The molecule has 0 unspecified atom stereocenters. The molecule has 0 spiro atoms. The number of halogens is 4. The van der Waals surface area contributed by atoms with E-state index in [9.17, 15) is 27.2 Å². The minimum absolute atomic E-state index is 0.0227. The van der Waals surface area contributed by atoms with Gasteiger partial charge in [0.2, 0.25) is 0 Å². The summed E-state index contributed by atoms with van der Waals surface area (Å²) >= 11 is 0. The fourth-order valence-electron chi connectivity index (χ4n) is 5.44. The highest BCUT2D eigenvalue weighted by atomic mass is 19.3. The number of amides is 3. The van der Waals surface area contributed by atoms with Crippen LogP contribution >= 0.6 is 0 Å². The number of alkyl halides is 4. The molecule has 230 valence electrons. The number of carbonyl (C=O) groups excluding carboxylic acids is 2. The zero-order chi connectivity index (χ0) is 31.0. The zero-order valence-corrected chi connectivity index (χ0v) is 23.7. The number of aromatic nitrogens is 4. The first-order valence-electron chi connectivity index (χ1n) is 13.7. The molecule has 11 nitrogen and oxygen atoms in total. The standard InChI is InChI=1S/C28H31F4N7O4/c1-26(2,3)18-8-11-20(12-9-18)39(15-16-4-6-17(7-5-16)23(40)34-24-35-37-38-36-24)25(41)33-19-10-13-22-21(14-19)27(29,30)43-28(31,32)42-22/h4-7,10,13-14,18,20H,8-9,11-12,15H2,1-3H3,(H,33,41)(H2,34,35,36,37,38,40). The van der Waals surface area contributed by atoms with Crippen molar-refractivity contribution in [3.63, 3.8) is 0 Å².